The fourth-order valence-corrected chi connectivity index (χ4v) is 4.55. The molecule has 1 atom stereocenters. The lowest BCUT2D eigenvalue weighted by Crippen LogP contribution is -2.37. The summed E-state index contributed by atoms with van der Waals surface area (Å²) in [4.78, 5) is 39.4. The van der Waals surface area contributed by atoms with E-state index in [9.17, 15) is 19.5 Å². The quantitative estimate of drug-likeness (QED) is 0.431. The van der Waals surface area contributed by atoms with Crippen molar-refractivity contribution in [2.45, 2.75) is 38.9 Å². The zero-order valence-corrected chi connectivity index (χ0v) is 20.2. The number of rotatable bonds is 9. The average Bonchev–Trinajstić information content (AvgIpc) is 3.02. The van der Waals surface area contributed by atoms with Crippen molar-refractivity contribution < 1.29 is 19.5 Å². The number of carboxylic acids is 1. The Morgan fingerprint density at radius 3 is 2.36 bits per heavy atom. The zero-order valence-electron chi connectivity index (χ0n) is 20.2. The second-order valence-electron chi connectivity index (χ2n) is 9.18. The van der Waals surface area contributed by atoms with E-state index in [1.54, 1.807) is 17.0 Å². The van der Waals surface area contributed by atoms with Crippen molar-refractivity contribution in [3.63, 3.8) is 0 Å². The Morgan fingerprint density at radius 1 is 0.944 bits per heavy atom. The van der Waals surface area contributed by atoms with Crippen LogP contribution >= 0.6 is 0 Å². The monoisotopic (exact) mass is 485 g/mol. The molecule has 7 heteroatoms. The molecule has 0 spiro atoms. The molecule has 0 bridgehead atoms. The van der Waals surface area contributed by atoms with Crippen LogP contribution in [0.3, 0.4) is 0 Å². The summed E-state index contributed by atoms with van der Waals surface area (Å²) < 4.78 is 0. The summed E-state index contributed by atoms with van der Waals surface area (Å²) in [6, 6.07) is 23.1. The van der Waals surface area contributed by atoms with E-state index in [1.807, 2.05) is 60.7 Å². The SMILES string of the molecule is NCc1ccc(CNC(=O)c2ccc3c(c2)CC(CC(=O)O)C(=O)N(CCc2ccccc2)C3)cc1. The highest BCUT2D eigenvalue weighted by Gasteiger charge is 2.31. The minimum absolute atomic E-state index is 0.156. The molecule has 0 saturated heterocycles. The van der Waals surface area contributed by atoms with Gasteiger partial charge >= 0.3 is 5.97 Å². The third-order valence-corrected chi connectivity index (χ3v) is 6.60. The van der Waals surface area contributed by atoms with Gasteiger partial charge in [-0.1, -0.05) is 60.7 Å². The standard InChI is InChI=1S/C29H31N3O4/c30-17-21-6-8-22(9-7-21)18-31-28(35)23-10-11-24-19-32(13-12-20-4-2-1-3-5-20)29(36)26(16-27(33)34)15-25(24)14-23/h1-11,14,26H,12-13,15-19,30H2,(H,31,35)(H,33,34). The van der Waals surface area contributed by atoms with Gasteiger partial charge < -0.3 is 21.1 Å². The molecule has 7 nitrogen and oxygen atoms in total. The molecule has 0 saturated carbocycles. The first kappa shape index (κ1) is 25.1. The lowest BCUT2D eigenvalue weighted by atomic mass is 9.93. The van der Waals surface area contributed by atoms with Gasteiger partial charge in [0, 0.05) is 31.7 Å². The molecule has 0 radical (unpaired) electrons. The number of amides is 2. The number of nitrogens with one attached hydrogen (secondary N) is 1. The lowest BCUT2D eigenvalue weighted by molar-refractivity contribution is -0.144. The molecule has 1 aliphatic heterocycles. The third kappa shape index (κ3) is 6.37. The van der Waals surface area contributed by atoms with E-state index in [0.29, 0.717) is 44.6 Å². The minimum atomic E-state index is -1.01. The van der Waals surface area contributed by atoms with Gasteiger partial charge in [0.05, 0.1) is 12.3 Å². The number of carbonyl (C=O) groups is 3. The molecule has 0 aromatic heterocycles. The highest BCUT2D eigenvalue weighted by molar-refractivity contribution is 5.94. The first-order chi connectivity index (χ1) is 17.4. The van der Waals surface area contributed by atoms with Crippen molar-refractivity contribution in [3.05, 3.63) is 106 Å². The summed E-state index contributed by atoms with van der Waals surface area (Å²) in [5.74, 6) is -2.04. The van der Waals surface area contributed by atoms with E-state index in [1.165, 1.54) is 0 Å². The molecule has 3 aromatic rings. The summed E-state index contributed by atoms with van der Waals surface area (Å²) in [6.07, 6.45) is 0.744. The predicted octanol–water partition coefficient (Wildman–Crippen LogP) is 3.29. The van der Waals surface area contributed by atoms with Crippen molar-refractivity contribution in [1.29, 1.82) is 0 Å². The average molecular weight is 486 g/mol. The van der Waals surface area contributed by atoms with Crippen molar-refractivity contribution in [2.75, 3.05) is 6.54 Å². The molecule has 36 heavy (non-hydrogen) atoms. The molecule has 3 aromatic carbocycles. The molecular formula is C29H31N3O4. The molecule has 0 fully saturated rings. The van der Waals surface area contributed by atoms with Crippen LogP contribution in [0.4, 0.5) is 0 Å². The van der Waals surface area contributed by atoms with Gasteiger partial charge in [-0.3, -0.25) is 14.4 Å². The van der Waals surface area contributed by atoms with Gasteiger partial charge in [-0.2, -0.15) is 0 Å². The summed E-state index contributed by atoms with van der Waals surface area (Å²) >= 11 is 0. The second kappa shape index (κ2) is 11.6. The first-order valence-electron chi connectivity index (χ1n) is 12.2. The number of nitrogens with two attached hydrogens (primary N) is 1. The molecule has 1 heterocycles. The number of carbonyl (C=O) groups excluding carboxylic acids is 2. The number of hydrogen-bond donors (Lipinski definition) is 3. The van der Waals surface area contributed by atoms with E-state index in [2.05, 4.69) is 5.32 Å². The van der Waals surface area contributed by atoms with Crippen molar-refractivity contribution >= 4 is 17.8 Å². The fraction of sp³-hybridized carbons (Fsp3) is 0.276. The molecule has 186 valence electrons. The number of fused-ring (bicyclic) bond motifs is 1. The highest BCUT2D eigenvalue weighted by Crippen LogP contribution is 2.26. The Balaban J connectivity index is 1.49. The van der Waals surface area contributed by atoms with Gasteiger partial charge in [-0.25, -0.2) is 0 Å². The van der Waals surface area contributed by atoms with Crippen LogP contribution in [0, 0.1) is 5.92 Å². The van der Waals surface area contributed by atoms with E-state index in [4.69, 9.17) is 5.73 Å². The van der Waals surface area contributed by atoms with Crippen LogP contribution in [0.2, 0.25) is 0 Å². The summed E-state index contributed by atoms with van der Waals surface area (Å²) in [5, 5.41) is 12.4. The topological polar surface area (TPSA) is 113 Å². The number of carboxylic acid groups (broad SMARTS) is 1. The minimum Gasteiger partial charge on any atom is -0.481 e. The molecule has 4 rings (SSSR count). The van der Waals surface area contributed by atoms with Gasteiger partial charge in [0.2, 0.25) is 5.91 Å². The predicted molar refractivity (Wildman–Crippen MR) is 137 cm³/mol. The van der Waals surface area contributed by atoms with Gasteiger partial charge in [0.25, 0.3) is 5.91 Å². The van der Waals surface area contributed by atoms with Gasteiger partial charge in [0.1, 0.15) is 0 Å². The highest BCUT2D eigenvalue weighted by atomic mass is 16.4. The molecule has 4 N–H and O–H groups in total. The smallest absolute Gasteiger partial charge is 0.304 e. The summed E-state index contributed by atoms with van der Waals surface area (Å²) in [6.45, 7) is 1.75. The van der Waals surface area contributed by atoms with Crippen LogP contribution in [0.5, 0.6) is 0 Å². The van der Waals surface area contributed by atoms with Gasteiger partial charge in [-0.05, 0) is 52.8 Å². The zero-order chi connectivity index (χ0) is 25.5. The van der Waals surface area contributed by atoms with Crippen molar-refractivity contribution in [3.8, 4) is 0 Å². The largest absolute Gasteiger partial charge is 0.481 e. The molecule has 1 unspecified atom stereocenters. The molecule has 1 aliphatic rings. The van der Waals surface area contributed by atoms with Crippen LogP contribution in [0.15, 0.2) is 72.8 Å². The van der Waals surface area contributed by atoms with Gasteiger partial charge in [-0.15, -0.1) is 0 Å². The Hall–Kier alpha value is -3.97. The third-order valence-electron chi connectivity index (χ3n) is 6.60. The molecule has 2 amide bonds. The van der Waals surface area contributed by atoms with E-state index >= 15 is 0 Å². The van der Waals surface area contributed by atoms with Crippen molar-refractivity contribution in [1.82, 2.24) is 10.2 Å². The second-order valence-corrected chi connectivity index (χ2v) is 9.18. The van der Waals surface area contributed by atoms with Crippen molar-refractivity contribution in [2.24, 2.45) is 11.7 Å². The maximum atomic E-state index is 13.3. The Kier molecular flexibility index (Phi) is 8.13. The molecule has 0 aliphatic carbocycles. The maximum absolute atomic E-state index is 13.3. The number of benzene rings is 3. The summed E-state index contributed by atoms with van der Waals surface area (Å²) in [5.41, 5.74) is 11.0. The Morgan fingerprint density at radius 2 is 1.67 bits per heavy atom. The van der Waals surface area contributed by atoms with E-state index in [-0.39, 0.29) is 18.2 Å². The lowest BCUT2D eigenvalue weighted by Gasteiger charge is -2.24. The van der Waals surface area contributed by atoms with Crippen LogP contribution in [0.25, 0.3) is 0 Å². The Labute approximate surface area is 210 Å². The summed E-state index contributed by atoms with van der Waals surface area (Å²) in [7, 11) is 0. The fourth-order valence-electron chi connectivity index (χ4n) is 4.55. The van der Waals surface area contributed by atoms with Crippen LogP contribution < -0.4 is 11.1 Å². The van der Waals surface area contributed by atoms with Crippen LogP contribution in [-0.2, 0) is 42.1 Å². The Bertz CT molecular complexity index is 1230. The van der Waals surface area contributed by atoms with Crippen LogP contribution in [-0.4, -0.2) is 34.3 Å². The van der Waals surface area contributed by atoms with Crippen LogP contribution in [0.1, 0.15) is 44.6 Å². The normalized spacial score (nSPS) is 15.2. The molecular weight excluding hydrogens is 454 g/mol. The van der Waals surface area contributed by atoms with E-state index in [0.717, 1.165) is 27.8 Å². The number of aliphatic carboxylic acids is 1. The maximum Gasteiger partial charge on any atom is 0.304 e. The first-order valence-corrected chi connectivity index (χ1v) is 12.2. The van der Waals surface area contributed by atoms with Gasteiger partial charge in [0.15, 0.2) is 0 Å². The number of nitrogens with zero attached hydrogens (tertiary/aromatic N) is 1. The van der Waals surface area contributed by atoms with E-state index < -0.39 is 11.9 Å². The number of hydrogen-bond acceptors (Lipinski definition) is 4.